The van der Waals surface area contributed by atoms with Crippen molar-refractivity contribution in [1.29, 1.82) is 0 Å². The van der Waals surface area contributed by atoms with Crippen molar-refractivity contribution in [1.82, 2.24) is 15.0 Å². The van der Waals surface area contributed by atoms with E-state index in [2.05, 4.69) is 24.2 Å². The molecule has 0 aliphatic heterocycles. The third-order valence-electron chi connectivity index (χ3n) is 2.10. The van der Waals surface area contributed by atoms with Gasteiger partial charge in [-0.25, -0.2) is 4.68 Å². The summed E-state index contributed by atoms with van der Waals surface area (Å²) in [6, 6.07) is 0. The fourth-order valence-corrected chi connectivity index (χ4v) is 1.33. The van der Waals surface area contributed by atoms with Crippen LogP contribution in [0, 0.1) is 6.92 Å². The van der Waals surface area contributed by atoms with Gasteiger partial charge >= 0.3 is 0 Å². The smallest absolute Gasteiger partial charge is 0.0828 e. The van der Waals surface area contributed by atoms with E-state index in [9.17, 15) is 0 Å². The van der Waals surface area contributed by atoms with Crippen LogP contribution < -0.4 is 0 Å². The van der Waals surface area contributed by atoms with Crippen LogP contribution in [0.15, 0.2) is 0 Å². The molecule has 68 valence electrons. The second-order valence-corrected chi connectivity index (χ2v) is 3.04. The lowest BCUT2D eigenvalue weighted by Gasteiger charge is -2.02. The van der Waals surface area contributed by atoms with E-state index in [1.54, 1.807) is 0 Å². The molecule has 3 nitrogen and oxygen atoms in total. The highest BCUT2D eigenvalue weighted by atomic mass is 15.4. The van der Waals surface area contributed by atoms with E-state index >= 15 is 0 Å². The monoisotopic (exact) mass is 167 g/mol. The Hall–Kier alpha value is -0.860. The summed E-state index contributed by atoms with van der Waals surface area (Å²) in [7, 11) is 0. The van der Waals surface area contributed by atoms with Gasteiger partial charge in [0.25, 0.3) is 0 Å². The molecule has 0 radical (unpaired) electrons. The molecule has 0 N–H and O–H groups in total. The van der Waals surface area contributed by atoms with Crippen molar-refractivity contribution in [2.24, 2.45) is 0 Å². The second-order valence-electron chi connectivity index (χ2n) is 3.04. The molecule has 0 fully saturated rings. The first kappa shape index (κ1) is 9.23. The van der Waals surface area contributed by atoms with Crippen LogP contribution in [-0.2, 0) is 13.0 Å². The number of aromatic nitrogens is 3. The zero-order valence-electron chi connectivity index (χ0n) is 8.17. The highest BCUT2D eigenvalue weighted by molar-refractivity contribution is 5.07. The Bertz CT molecular complexity index is 240. The molecular formula is C9H17N3. The third-order valence-corrected chi connectivity index (χ3v) is 2.10. The molecule has 0 aliphatic carbocycles. The molecule has 0 amide bonds. The van der Waals surface area contributed by atoms with Gasteiger partial charge in [-0.05, 0) is 26.7 Å². The van der Waals surface area contributed by atoms with Crippen LogP contribution >= 0.6 is 0 Å². The highest BCUT2D eigenvalue weighted by Gasteiger charge is 2.05. The molecule has 0 aromatic carbocycles. The Balaban J connectivity index is 2.72. The molecule has 0 unspecified atom stereocenters. The molecule has 0 spiro atoms. The molecule has 1 rings (SSSR count). The summed E-state index contributed by atoms with van der Waals surface area (Å²) in [5.41, 5.74) is 2.39. The topological polar surface area (TPSA) is 30.7 Å². The maximum Gasteiger partial charge on any atom is 0.0828 e. The number of aryl methyl sites for hydroxylation is 2. The van der Waals surface area contributed by atoms with Gasteiger partial charge in [0.2, 0.25) is 0 Å². The number of nitrogens with zero attached hydrogens (tertiary/aromatic N) is 3. The van der Waals surface area contributed by atoms with Crippen LogP contribution in [0.25, 0.3) is 0 Å². The first-order valence-corrected chi connectivity index (χ1v) is 4.68. The molecule has 0 bridgehead atoms. The van der Waals surface area contributed by atoms with Crippen molar-refractivity contribution >= 4 is 0 Å². The zero-order valence-corrected chi connectivity index (χ0v) is 8.17. The van der Waals surface area contributed by atoms with Crippen LogP contribution in [0.2, 0.25) is 0 Å². The largest absolute Gasteiger partial charge is 0.249 e. The molecule has 1 heterocycles. The lowest BCUT2D eigenvalue weighted by molar-refractivity contribution is 0.587. The maximum absolute atomic E-state index is 4.05. The van der Waals surface area contributed by atoms with E-state index in [0.29, 0.717) is 0 Å². The molecule has 0 aliphatic rings. The quantitative estimate of drug-likeness (QED) is 0.686. The highest BCUT2D eigenvalue weighted by Crippen LogP contribution is 2.07. The SMILES string of the molecule is CCCCc1c(C)nnn1CC. The van der Waals surface area contributed by atoms with Gasteiger partial charge in [0.1, 0.15) is 0 Å². The lowest BCUT2D eigenvalue weighted by atomic mass is 10.2. The summed E-state index contributed by atoms with van der Waals surface area (Å²) in [6.07, 6.45) is 3.58. The first-order chi connectivity index (χ1) is 5.79. The minimum absolute atomic E-state index is 0.930. The van der Waals surface area contributed by atoms with Crippen molar-refractivity contribution in [3.8, 4) is 0 Å². The Labute approximate surface area is 73.8 Å². The predicted octanol–water partition coefficient (Wildman–Crippen LogP) is 1.95. The van der Waals surface area contributed by atoms with Gasteiger partial charge in [0, 0.05) is 6.54 Å². The summed E-state index contributed by atoms with van der Waals surface area (Å²) >= 11 is 0. The minimum atomic E-state index is 0.930. The summed E-state index contributed by atoms with van der Waals surface area (Å²) in [5.74, 6) is 0. The van der Waals surface area contributed by atoms with Gasteiger partial charge in [-0.15, -0.1) is 5.10 Å². The van der Waals surface area contributed by atoms with E-state index in [1.165, 1.54) is 18.5 Å². The zero-order chi connectivity index (χ0) is 8.97. The van der Waals surface area contributed by atoms with Crippen molar-refractivity contribution in [3.63, 3.8) is 0 Å². The number of rotatable bonds is 4. The standard InChI is InChI=1S/C9H17N3/c1-4-6-7-9-8(3)10-11-12(9)5-2/h4-7H2,1-3H3. The second kappa shape index (κ2) is 4.24. The molecule has 3 heteroatoms. The molecule has 1 aromatic rings. The van der Waals surface area contributed by atoms with Crippen LogP contribution in [0.3, 0.4) is 0 Å². The molecule has 1 aromatic heterocycles. The van der Waals surface area contributed by atoms with Gasteiger partial charge in [0.15, 0.2) is 0 Å². The average molecular weight is 167 g/mol. The molecular weight excluding hydrogens is 150 g/mol. The average Bonchev–Trinajstić information content (AvgIpc) is 2.43. The van der Waals surface area contributed by atoms with Crippen molar-refractivity contribution in [2.75, 3.05) is 0 Å². The van der Waals surface area contributed by atoms with E-state index in [1.807, 2.05) is 11.6 Å². The van der Waals surface area contributed by atoms with Crippen molar-refractivity contribution < 1.29 is 0 Å². The normalized spacial score (nSPS) is 10.6. The Morgan fingerprint density at radius 2 is 2.08 bits per heavy atom. The fourth-order valence-electron chi connectivity index (χ4n) is 1.33. The molecule has 0 saturated heterocycles. The van der Waals surface area contributed by atoms with Gasteiger partial charge in [-0.1, -0.05) is 18.6 Å². The van der Waals surface area contributed by atoms with Crippen molar-refractivity contribution in [3.05, 3.63) is 11.4 Å². The summed E-state index contributed by atoms with van der Waals surface area (Å²) in [4.78, 5) is 0. The minimum Gasteiger partial charge on any atom is -0.249 e. The van der Waals surface area contributed by atoms with Crippen LogP contribution in [0.1, 0.15) is 38.1 Å². The Kier molecular flexibility index (Phi) is 3.26. The summed E-state index contributed by atoms with van der Waals surface area (Å²) < 4.78 is 1.99. The van der Waals surface area contributed by atoms with Gasteiger partial charge < -0.3 is 0 Å². The van der Waals surface area contributed by atoms with E-state index in [0.717, 1.165) is 18.7 Å². The molecule has 0 atom stereocenters. The lowest BCUT2D eigenvalue weighted by Crippen LogP contribution is -2.03. The van der Waals surface area contributed by atoms with Gasteiger partial charge in [-0.3, -0.25) is 0 Å². The Morgan fingerprint density at radius 3 is 2.67 bits per heavy atom. The predicted molar refractivity (Wildman–Crippen MR) is 49.0 cm³/mol. The molecule has 12 heavy (non-hydrogen) atoms. The van der Waals surface area contributed by atoms with Crippen molar-refractivity contribution in [2.45, 2.75) is 46.6 Å². The van der Waals surface area contributed by atoms with Crippen LogP contribution in [0.4, 0.5) is 0 Å². The number of hydrogen-bond donors (Lipinski definition) is 0. The van der Waals surface area contributed by atoms with Crippen LogP contribution in [0.5, 0.6) is 0 Å². The summed E-state index contributed by atoms with van der Waals surface area (Å²) in [5, 5.41) is 8.11. The van der Waals surface area contributed by atoms with Gasteiger partial charge in [0.05, 0.1) is 11.4 Å². The third kappa shape index (κ3) is 1.84. The molecule has 0 saturated carbocycles. The van der Waals surface area contributed by atoms with E-state index in [-0.39, 0.29) is 0 Å². The van der Waals surface area contributed by atoms with E-state index in [4.69, 9.17) is 0 Å². The number of hydrogen-bond acceptors (Lipinski definition) is 2. The fraction of sp³-hybridized carbons (Fsp3) is 0.778. The Morgan fingerprint density at radius 1 is 1.33 bits per heavy atom. The van der Waals surface area contributed by atoms with E-state index < -0.39 is 0 Å². The van der Waals surface area contributed by atoms with Crippen LogP contribution in [-0.4, -0.2) is 15.0 Å². The summed E-state index contributed by atoms with van der Waals surface area (Å²) in [6.45, 7) is 7.27. The maximum atomic E-state index is 4.05. The van der Waals surface area contributed by atoms with Gasteiger partial charge in [-0.2, -0.15) is 0 Å². The first-order valence-electron chi connectivity index (χ1n) is 4.68. The number of unbranched alkanes of at least 4 members (excludes halogenated alkanes) is 1.